The Morgan fingerprint density at radius 1 is 1.28 bits per heavy atom. The van der Waals surface area contributed by atoms with E-state index in [0.29, 0.717) is 17.8 Å². The molecule has 0 saturated carbocycles. The van der Waals surface area contributed by atoms with Gasteiger partial charge in [-0.15, -0.1) is 0 Å². The van der Waals surface area contributed by atoms with E-state index in [-0.39, 0.29) is 10.6 Å². The van der Waals surface area contributed by atoms with Crippen molar-refractivity contribution < 1.29 is 8.42 Å². The molecule has 0 amide bonds. The number of rotatable bonds is 6. The highest BCUT2D eigenvalue weighted by Gasteiger charge is 2.17. The summed E-state index contributed by atoms with van der Waals surface area (Å²) in [6, 6.07) is 10.2. The fourth-order valence-corrected chi connectivity index (χ4v) is 4.01. The number of nitrogens with one attached hydrogen (secondary N) is 1. The fourth-order valence-electron chi connectivity index (χ4n) is 3.06. The van der Waals surface area contributed by atoms with E-state index in [0.717, 1.165) is 16.6 Å². The summed E-state index contributed by atoms with van der Waals surface area (Å²) in [5, 5.41) is 14.9. The number of aromatic nitrogens is 5. The molecule has 0 unspecified atom stereocenters. The van der Waals surface area contributed by atoms with Crippen LogP contribution in [-0.4, -0.2) is 38.9 Å². The number of sulfone groups is 1. The fraction of sp³-hybridized carbons (Fsp3) is 0.200. The van der Waals surface area contributed by atoms with Gasteiger partial charge in [-0.25, -0.2) is 18.4 Å². The molecule has 0 saturated heterocycles. The third kappa shape index (κ3) is 3.75. The van der Waals surface area contributed by atoms with Gasteiger partial charge < -0.3 is 4.98 Å². The van der Waals surface area contributed by atoms with Crippen LogP contribution in [0.4, 0.5) is 0 Å². The van der Waals surface area contributed by atoms with Gasteiger partial charge in [-0.05, 0) is 23.8 Å². The number of H-pyrrole nitrogens is 1. The molecule has 9 heteroatoms. The van der Waals surface area contributed by atoms with Crippen LogP contribution in [0.5, 0.6) is 0 Å². The largest absolute Gasteiger partial charge is 0.346 e. The lowest BCUT2D eigenvalue weighted by molar-refractivity contribution is 0.545. The number of nitriles is 1. The summed E-state index contributed by atoms with van der Waals surface area (Å²) in [4.78, 5) is 12.1. The zero-order valence-corrected chi connectivity index (χ0v) is 16.5. The smallest absolute Gasteiger partial charge is 0.178 e. The van der Waals surface area contributed by atoms with Crippen LogP contribution >= 0.6 is 0 Å². The Morgan fingerprint density at radius 3 is 2.93 bits per heavy atom. The second-order valence-electron chi connectivity index (χ2n) is 6.58. The first kappa shape index (κ1) is 18.8. The maximum Gasteiger partial charge on any atom is 0.178 e. The van der Waals surface area contributed by atoms with Gasteiger partial charge in [0.1, 0.15) is 11.7 Å². The highest BCUT2D eigenvalue weighted by Crippen LogP contribution is 2.21. The van der Waals surface area contributed by atoms with Crippen LogP contribution in [0, 0.1) is 11.3 Å². The lowest BCUT2D eigenvalue weighted by Gasteiger charge is -2.11. The topological polar surface area (TPSA) is 117 Å². The predicted octanol–water partition coefficient (Wildman–Crippen LogP) is 2.92. The number of aromatic amines is 1. The first-order valence-electron chi connectivity index (χ1n) is 9.06. The summed E-state index contributed by atoms with van der Waals surface area (Å²) in [7, 11) is -3.30. The highest BCUT2D eigenvalue weighted by molar-refractivity contribution is 7.91. The molecule has 3 heterocycles. The summed E-state index contributed by atoms with van der Waals surface area (Å²) >= 11 is 0. The first-order valence-corrected chi connectivity index (χ1v) is 10.7. The van der Waals surface area contributed by atoms with Gasteiger partial charge >= 0.3 is 0 Å². The Balaban J connectivity index is 1.59. The Bertz CT molecular complexity index is 1320. The molecule has 4 rings (SSSR count). The summed E-state index contributed by atoms with van der Waals surface area (Å²) < 4.78 is 25.8. The lowest BCUT2D eigenvalue weighted by atomic mass is 10.1. The first-order chi connectivity index (χ1) is 14.0. The van der Waals surface area contributed by atoms with E-state index in [1.54, 1.807) is 54.6 Å². The number of benzene rings is 1. The molecule has 1 N–H and O–H groups in total. The summed E-state index contributed by atoms with van der Waals surface area (Å²) in [5.74, 6) is 0.546. The molecule has 0 spiro atoms. The van der Waals surface area contributed by atoms with E-state index in [4.69, 9.17) is 0 Å². The quantitative estimate of drug-likeness (QED) is 0.526. The minimum atomic E-state index is -3.30. The van der Waals surface area contributed by atoms with Crippen molar-refractivity contribution in [1.29, 1.82) is 5.26 Å². The van der Waals surface area contributed by atoms with E-state index in [1.807, 2.05) is 12.1 Å². The second kappa shape index (κ2) is 7.48. The monoisotopic (exact) mass is 406 g/mol. The van der Waals surface area contributed by atoms with E-state index >= 15 is 0 Å². The van der Waals surface area contributed by atoms with Crippen molar-refractivity contribution in [3.8, 4) is 17.5 Å². The van der Waals surface area contributed by atoms with Crippen molar-refractivity contribution in [2.24, 2.45) is 0 Å². The van der Waals surface area contributed by atoms with Crippen molar-refractivity contribution in [2.75, 3.05) is 5.75 Å². The van der Waals surface area contributed by atoms with Crippen LogP contribution in [0.25, 0.3) is 22.4 Å². The SMILES string of the molecule is CCS(=O)(=O)c1cccc(C[C@@H](C#N)n2cc(-c3ncc4cc[nH]c4n3)cn2)c1. The summed E-state index contributed by atoms with van der Waals surface area (Å²) in [6.07, 6.45) is 7.20. The molecule has 0 fully saturated rings. The molecular weight excluding hydrogens is 388 g/mol. The lowest BCUT2D eigenvalue weighted by Crippen LogP contribution is -2.11. The molecule has 3 aromatic heterocycles. The van der Waals surface area contributed by atoms with Gasteiger partial charge in [0.05, 0.1) is 28.5 Å². The Labute approximate surface area is 167 Å². The van der Waals surface area contributed by atoms with Crippen LogP contribution in [0.2, 0.25) is 0 Å². The van der Waals surface area contributed by atoms with Gasteiger partial charge in [0, 0.05) is 30.4 Å². The average molecular weight is 406 g/mol. The molecular formula is C20H18N6O2S. The van der Waals surface area contributed by atoms with Crippen molar-refractivity contribution in [1.82, 2.24) is 24.7 Å². The van der Waals surface area contributed by atoms with Crippen LogP contribution in [0.15, 0.2) is 60.0 Å². The van der Waals surface area contributed by atoms with Crippen molar-refractivity contribution in [2.45, 2.75) is 24.3 Å². The molecule has 29 heavy (non-hydrogen) atoms. The number of nitrogens with zero attached hydrogens (tertiary/aromatic N) is 5. The maximum atomic E-state index is 12.1. The molecule has 0 aliphatic heterocycles. The Hall–Kier alpha value is -3.51. The molecule has 146 valence electrons. The number of hydrogen-bond acceptors (Lipinski definition) is 6. The Morgan fingerprint density at radius 2 is 2.14 bits per heavy atom. The van der Waals surface area contributed by atoms with Gasteiger partial charge in [-0.1, -0.05) is 19.1 Å². The zero-order chi connectivity index (χ0) is 20.4. The van der Waals surface area contributed by atoms with Gasteiger partial charge in [0.25, 0.3) is 0 Å². The summed E-state index contributed by atoms with van der Waals surface area (Å²) in [5.41, 5.74) is 2.18. The van der Waals surface area contributed by atoms with Crippen molar-refractivity contribution in [3.05, 3.63) is 60.7 Å². The molecule has 1 atom stereocenters. The van der Waals surface area contributed by atoms with Crippen LogP contribution in [-0.2, 0) is 16.3 Å². The minimum absolute atomic E-state index is 0.0335. The molecule has 4 aromatic rings. The minimum Gasteiger partial charge on any atom is -0.346 e. The average Bonchev–Trinajstić information content (AvgIpc) is 3.41. The molecule has 0 aliphatic rings. The van der Waals surface area contributed by atoms with Crippen LogP contribution in [0.3, 0.4) is 0 Å². The van der Waals surface area contributed by atoms with Gasteiger partial charge in [0.2, 0.25) is 0 Å². The highest BCUT2D eigenvalue weighted by atomic mass is 32.2. The van der Waals surface area contributed by atoms with Crippen LogP contribution in [0.1, 0.15) is 18.5 Å². The number of fused-ring (bicyclic) bond motifs is 1. The predicted molar refractivity (Wildman–Crippen MR) is 108 cm³/mol. The molecule has 0 aliphatic carbocycles. The van der Waals surface area contributed by atoms with Crippen molar-refractivity contribution >= 4 is 20.9 Å². The zero-order valence-electron chi connectivity index (χ0n) is 15.6. The normalized spacial score (nSPS) is 12.7. The van der Waals surface area contributed by atoms with Crippen molar-refractivity contribution in [3.63, 3.8) is 0 Å². The van der Waals surface area contributed by atoms with E-state index in [9.17, 15) is 13.7 Å². The number of hydrogen-bond donors (Lipinski definition) is 1. The third-order valence-corrected chi connectivity index (χ3v) is 6.43. The second-order valence-corrected chi connectivity index (χ2v) is 8.86. The van der Waals surface area contributed by atoms with E-state index < -0.39 is 15.9 Å². The van der Waals surface area contributed by atoms with E-state index in [2.05, 4.69) is 26.1 Å². The van der Waals surface area contributed by atoms with Gasteiger partial charge in [-0.2, -0.15) is 10.4 Å². The third-order valence-electron chi connectivity index (χ3n) is 4.69. The van der Waals surface area contributed by atoms with Gasteiger partial charge in [-0.3, -0.25) is 4.68 Å². The molecule has 0 bridgehead atoms. The summed E-state index contributed by atoms with van der Waals surface area (Å²) in [6.45, 7) is 1.61. The maximum absolute atomic E-state index is 12.1. The molecule has 8 nitrogen and oxygen atoms in total. The van der Waals surface area contributed by atoms with E-state index in [1.165, 1.54) is 0 Å². The Kier molecular flexibility index (Phi) is 4.86. The van der Waals surface area contributed by atoms with Gasteiger partial charge in [0.15, 0.2) is 15.7 Å². The molecule has 1 aromatic carbocycles. The molecule has 0 radical (unpaired) electrons. The standard InChI is InChI=1S/C20H18N6O2S/c1-2-29(27,28)18-5-3-4-14(9-18)8-17(10-21)26-13-16(12-24-26)20-23-11-15-6-7-22-19(15)25-20/h3-7,9,11-13,17H,2,8H2,1H3,(H,22,23,25)/t17-/m0/s1. The van der Waals surface area contributed by atoms with Crippen LogP contribution < -0.4 is 0 Å².